The van der Waals surface area contributed by atoms with Gasteiger partial charge in [0.15, 0.2) is 0 Å². The summed E-state index contributed by atoms with van der Waals surface area (Å²) in [7, 11) is -6.66. The Balaban J connectivity index is -0.000000167. The summed E-state index contributed by atoms with van der Waals surface area (Å²) in [5.74, 6) is 0. The first-order valence-electron chi connectivity index (χ1n) is 22.4. The number of ether oxygens (including phenoxy) is 2. The molecule has 0 unspecified atom stereocenters. The van der Waals surface area contributed by atoms with Crippen LogP contribution in [0.1, 0.15) is 192 Å². The van der Waals surface area contributed by atoms with Gasteiger partial charge < -0.3 is 43.6 Å². The van der Waals surface area contributed by atoms with Crippen LogP contribution in [0.3, 0.4) is 0 Å². The zero-order chi connectivity index (χ0) is 41.4. The summed E-state index contributed by atoms with van der Waals surface area (Å²) in [6.07, 6.45) is 5.11. The van der Waals surface area contributed by atoms with Crippen LogP contribution in [-0.4, -0.2) is 105 Å². The molecule has 0 bridgehead atoms. The van der Waals surface area contributed by atoms with Gasteiger partial charge in [0, 0.05) is 26.4 Å². The Labute approximate surface area is 403 Å². The van der Waals surface area contributed by atoms with Crippen molar-refractivity contribution in [3.63, 3.8) is 0 Å². The van der Waals surface area contributed by atoms with Crippen LogP contribution >= 0.6 is 0 Å². The third-order valence-corrected chi connectivity index (χ3v) is 41.9. The predicted molar refractivity (Wildman–Crippen MR) is 263 cm³/mol. The standard InChI is InChI=1S/2C18H42NSi2.2C4H8O.2ClH.2Mg/c2*1-13(2)20(14(3)4,15(5)6)19-21(16(7)8,17(9)10)18(11)12;2*1-2-4-5-3-1;;;;/h2*13-18H,1-12H3;2*1-4H2;2*1H;;/q2*-1;;;;;2*+2/p-2. The summed E-state index contributed by atoms with van der Waals surface area (Å²) in [6, 6.07) is 0. The average molecular weight is 921 g/mol. The molecule has 332 valence electrons. The van der Waals surface area contributed by atoms with E-state index in [0.29, 0.717) is 0 Å². The van der Waals surface area contributed by atoms with E-state index in [0.717, 1.165) is 92.9 Å². The monoisotopic (exact) mass is 919 g/mol. The van der Waals surface area contributed by atoms with Gasteiger partial charge in [-0.15, -0.1) is 0 Å². The van der Waals surface area contributed by atoms with E-state index in [2.05, 4.69) is 166 Å². The van der Waals surface area contributed by atoms with Gasteiger partial charge >= 0.3 is 46.1 Å². The molecule has 2 aliphatic heterocycles. The molecule has 0 aromatic carbocycles. The number of rotatable bonds is 16. The third kappa shape index (κ3) is 18.9. The quantitative estimate of drug-likeness (QED) is 0.145. The average Bonchev–Trinajstić information content (AvgIpc) is 3.77. The van der Waals surface area contributed by atoms with Crippen LogP contribution in [-0.2, 0) is 9.47 Å². The first-order valence-corrected chi connectivity index (χ1v) is 31.1. The van der Waals surface area contributed by atoms with Crippen molar-refractivity contribution < 1.29 is 34.3 Å². The summed E-state index contributed by atoms with van der Waals surface area (Å²) >= 11 is 0. The first kappa shape index (κ1) is 70.5. The molecule has 0 radical (unpaired) electrons. The predicted octanol–water partition coefficient (Wildman–Crippen LogP) is 10.3. The molecule has 12 heteroatoms. The largest absolute Gasteiger partial charge is 2.00 e. The molecular formula is C44H100Cl2Mg2N2O2Si4. The Morgan fingerprint density at radius 1 is 0.268 bits per heavy atom. The van der Waals surface area contributed by atoms with Crippen LogP contribution in [0.2, 0.25) is 66.5 Å². The molecule has 0 aromatic heterocycles. The Morgan fingerprint density at radius 3 is 0.429 bits per heavy atom. The summed E-state index contributed by atoms with van der Waals surface area (Å²) in [5.41, 5.74) is 8.84. The second kappa shape index (κ2) is 33.3. The molecule has 0 spiro atoms. The van der Waals surface area contributed by atoms with Crippen LogP contribution < -0.4 is 24.8 Å². The number of halogens is 2. The maximum atomic E-state index is 6.01. The number of hydrogen-bond donors (Lipinski definition) is 0. The van der Waals surface area contributed by atoms with E-state index < -0.39 is 32.9 Å². The minimum atomic E-state index is -1.66. The minimum Gasteiger partial charge on any atom is -1.00 e. The van der Waals surface area contributed by atoms with Crippen molar-refractivity contribution in [2.45, 2.75) is 258 Å². The first-order chi connectivity index (χ1) is 23.7. The van der Waals surface area contributed by atoms with Crippen molar-refractivity contribution in [3.8, 4) is 0 Å². The molecule has 2 rings (SSSR count). The molecule has 56 heavy (non-hydrogen) atoms. The van der Waals surface area contributed by atoms with Crippen molar-refractivity contribution in [2.75, 3.05) is 26.4 Å². The molecule has 0 amide bonds. The summed E-state index contributed by atoms with van der Waals surface area (Å²) in [5, 5.41) is 0. The third-order valence-electron chi connectivity index (χ3n) is 13.5. The van der Waals surface area contributed by atoms with Crippen molar-refractivity contribution in [1.29, 1.82) is 0 Å². The second-order valence-electron chi connectivity index (χ2n) is 20.3. The van der Waals surface area contributed by atoms with Crippen molar-refractivity contribution in [1.82, 2.24) is 0 Å². The van der Waals surface area contributed by atoms with Gasteiger partial charge in [0.2, 0.25) is 0 Å². The molecule has 0 atom stereocenters. The van der Waals surface area contributed by atoms with Crippen molar-refractivity contribution in [3.05, 3.63) is 9.30 Å². The van der Waals surface area contributed by atoms with Crippen LogP contribution in [0.25, 0.3) is 9.30 Å². The van der Waals surface area contributed by atoms with Gasteiger partial charge in [-0.05, 0) is 58.6 Å². The fourth-order valence-corrected chi connectivity index (χ4v) is 45.0. The van der Waals surface area contributed by atoms with E-state index in [4.69, 9.17) is 18.8 Å². The molecular weight excluding hydrogens is 820 g/mol. The van der Waals surface area contributed by atoms with E-state index in [1.807, 2.05) is 0 Å². The van der Waals surface area contributed by atoms with Gasteiger partial charge in [-0.2, -0.15) is 0 Å². The maximum Gasteiger partial charge on any atom is 2.00 e. The zero-order valence-corrected chi connectivity index (χ0v) is 50.8. The van der Waals surface area contributed by atoms with Crippen molar-refractivity contribution >= 4 is 79.0 Å². The molecule has 0 aromatic rings. The van der Waals surface area contributed by atoms with E-state index in [-0.39, 0.29) is 70.9 Å². The van der Waals surface area contributed by atoms with Crippen LogP contribution in [0, 0.1) is 0 Å². The Bertz CT molecular complexity index is 683. The van der Waals surface area contributed by atoms with Gasteiger partial charge in [0.1, 0.15) is 0 Å². The zero-order valence-electron chi connectivity index (χ0n) is 42.5. The van der Waals surface area contributed by atoms with E-state index in [9.17, 15) is 0 Å². The minimum absolute atomic E-state index is 0. The van der Waals surface area contributed by atoms with Gasteiger partial charge in [0.25, 0.3) is 0 Å². The van der Waals surface area contributed by atoms with Crippen LogP contribution in [0.5, 0.6) is 0 Å². The normalized spacial score (nSPS) is 15.2. The van der Waals surface area contributed by atoms with Gasteiger partial charge in [-0.1, -0.05) is 233 Å². The maximum absolute atomic E-state index is 6.01. The summed E-state index contributed by atoms with van der Waals surface area (Å²) in [4.78, 5) is 0. The number of hydrogen-bond acceptors (Lipinski definition) is 2. The Kier molecular flexibility index (Phi) is 42.0. The fraction of sp³-hybridized carbons (Fsp3) is 1.00. The molecule has 0 saturated carbocycles. The smallest absolute Gasteiger partial charge is 1.00 e. The van der Waals surface area contributed by atoms with Crippen molar-refractivity contribution in [2.24, 2.45) is 0 Å². The van der Waals surface area contributed by atoms with E-state index in [1.165, 1.54) is 25.7 Å². The summed E-state index contributed by atoms with van der Waals surface area (Å²) < 4.78 is 21.9. The second-order valence-corrected chi connectivity index (χ2v) is 43.0. The molecule has 2 heterocycles. The van der Waals surface area contributed by atoms with E-state index >= 15 is 0 Å². The van der Waals surface area contributed by atoms with Gasteiger partial charge in [0.05, 0.1) is 0 Å². The number of nitrogens with zero attached hydrogens (tertiary/aromatic N) is 2. The Morgan fingerprint density at radius 2 is 0.375 bits per heavy atom. The van der Waals surface area contributed by atoms with E-state index in [1.54, 1.807) is 0 Å². The molecule has 4 nitrogen and oxygen atoms in total. The fourth-order valence-electron chi connectivity index (χ4n) is 11.2. The molecule has 0 N–H and O–H groups in total. The van der Waals surface area contributed by atoms with Crippen LogP contribution in [0.15, 0.2) is 0 Å². The molecule has 2 saturated heterocycles. The van der Waals surface area contributed by atoms with Gasteiger partial charge in [-0.25, -0.2) is 0 Å². The SMILES string of the molecule is C1CCOC1.C1CCOC1.CC(C)[Si]([N-][Si](C(C)C)(C(C)C)C(C)C)(C(C)C)C(C)C.CC(C)[Si]([N-][Si](C(C)C)(C(C)C)C(C)C)(C(C)C)C(C)C.[Cl-].[Cl-].[Mg+2].[Mg+2]. The molecule has 2 aliphatic rings. The van der Waals surface area contributed by atoms with Crippen LogP contribution in [0.4, 0.5) is 0 Å². The summed E-state index contributed by atoms with van der Waals surface area (Å²) in [6.45, 7) is 62.6. The molecule has 2 fully saturated rings. The topological polar surface area (TPSA) is 46.7 Å². The molecule has 0 aliphatic carbocycles. The van der Waals surface area contributed by atoms with Gasteiger partial charge in [-0.3, -0.25) is 0 Å². The Hall–Kier alpha value is 2.82.